The molecule has 3 rings (SSSR count). The lowest BCUT2D eigenvalue weighted by atomic mass is 10.1. The number of ether oxygens (including phenoxy) is 1. The van der Waals surface area contributed by atoms with Crippen LogP contribution in [0.25, 0.3) is 0 Å². The molecule has 0 aliphatic carbocycles. The average Bonchev–Trinajstić information content (AvgIpc) is 2.69. The van der Waals surface area contributed by atoms with Gasteiger partial charge in [0.15, 0.2) is 5.75 Å². The van der Waals surface area contributed by atoms with E-state index in [0.717, 1.165) is 27.3 Å². The molecule has 0 bridgehead atoms. The minimum Gasteiger partial charge on any atom is -0.455 e. The van der Waals surface area contributed by atoms with Crippen LogP contribution in [0.15, 0.2) is 66.7 Å². The lowest BCUT2D eigenvalue weighted by Gasteiger charge is -2.24. The molecule has 162 valence electrons. The molecule has 0 spiro atoms. The first-order chi connectivity index (χ1) is 14.6. The number of para-hydroxylation sites is 3. The number of carbonyl (C=O) groups excluding carboxylic acids is 1. The van der Waals surface area contributed by atoms with Gasteiger partial charge in [-0.3, -0.25) is 9.10 Å². The van der Waals surface area contributed by atoms with Crippen LogP contribution in [0.5, 0.6) is 11.5 Å². The van der Waals surface area contributed by atoms with Crippen molar-refractivity contribution >= 4 is 27.3 Å². The van der Waals surface area contributed by atoms with E-state index in [-0.39, 0.29) is 6.54 Å². The second kappa shape index (κ2) is 9.22. The fourth-order valence-corrected chi connectivity index (χ4v) is 4.29. The Morgan fingerprint density at radius 3 is 2.13 bits per heavy atom. The summed E-state index contributed by atoms with van der Waals surface area (Å²) in [6.45, 7) is 5.43. The van der Waals surface area contributed by atoms with Crippen LogP contribution in [0.1, 0.15) is 16.7 Å². The van der Waals surface area contributed by atoms with Gasteiger partial charge < -0.3 is 10.1 Å². The molecular weight excluding hydrogens is 412 g/mol. The van der Waals surface area contributed by atoms with Gasteiger partial charge in [-0.25, -0.2) is 8.42 Å². The van der Waals surface area contributed by atoms with Gasteiger partial charge in [0.1, 0.15) is 12.3 Å². The number of sulfonamides is 1. The van der Waals surface area contributed by atoms with Crippen molar-refractivity contribution in [1.82, 2.24) is 0 Å². The van der Waals surface area contributed by atoms with Gasteiger partial charge in [0, 0.05) is 5.69 Å². The van der Waals surface area contributed by atoms with E-state index in [0.29, 0.717) is 22.9 Å². The number of benzene rings is 3. The Morgan fingerprint density at radius 2 is 1.52 bits per heavy atom. The molecule has 0 saturated heterocycles. The van der Waals surface area contributed by atoms with Crippen molar-refractivity contribution in [2.45, 2.75) is 20.8 Å². The highest BCUT2D eigenvalue weighted by Gasteiger charge is 2.24. The summed E-state index contributed by atoms with van der Waals surface area (Å²) in [5.41, 5.74) is 3.92. The second-order valence-corrected chi connectivity index (χ2v) is 9.38. The molecule has 0 radical (unpaired) electrons. The average molecular weight is 439 g/mol. The van der Waals surface area contributed by atoms with E-state index in [9.17, 15) is 13.2 Å². The maximum Gasteiger partial charge on any atom is 0.245 e. The number of carbonyl (C=O) groups is 1. The number of amides is 1. The van der Waals surface area contributed by atoms with Crippen molar-refractivity contribution in [3.63, 3.8) is 0 Å². The number of nitrogens with one attached hydrogen (secondary N) is 1. The SMILES string of the molecule is Cc1cc(C)c(NC(=O)CN(c2ccccc2Oc2ccccc2)S(C)(=O)=O)c(C)c1. The van der Waals surface area contributed by atoms with E-state index >= 15 is 0 Å². The molecule has 3 aromatic rings. The predicted octanol–water partition coefficient (Wildman–Crippen LogP) is 4.81. The molecule has 3 aromatic carbocycles. The van der Waals surface area contributed by atoms with Crippen LogP contribution in [0.4, 0.5) is 11.4 Å². The predicted molar refractivity (Wildman–Crippen MR) is 124 cm³/mol. The Hall–Kier alpha value is -3.32. The third kappa shape index (κ3) is 5.64. The van der Waals surface area contributed by atoms with Crippen molar-refractivity contribution < 1.29 is 17.9 Å². The number of hydrogen-bond donors (Lipinski definition) is 1. The van der Waals surface area contributed by atoms with E-state index in [1.165, 1.54) is 0 Å². The summed E-state index contributed by atoms with van der Waals surface area (Å²) in [7, 11) is -3.75. The largest absolute Gasteiger partial charge is 0.455 e. The van der Waals surface area contributed by atoms with Gasteiger partial charge in [-0.2, -0.15) is 0 Å². The van der Waals surface area contributed by atoms with Gasteiger partial charge in [-0.1, -0.05) is 48.0 Å². The Morgan fingerprint density at radius 1 is 0.935 bits per heavy atom. The molecule has 7 heteroatoms. The molecule has 1 amide bonds. The van der Waals surface area contributed by atoms with Crippen LogP contribution in [-0.2, 0) is 14.8 Å². The van der Waals surface area contributed by atoms with Crippen LogP contribution in [0, 0.1) is 20.8 Å². The molecule has 0 unspecified atom stereocenters. The molecule has 0 fully saturated rings. The zero-order chi connectivity index (χ0) is 22.6. The monoisotopic (exact) mass is 438 g/mol. The third-order valence-corrected chi connectivity index (χ3v) is 5.86. The highest BCUT2D eigenvalue weighted by molar-refractivity contribution is 7.92. The van der Waals surface area contributed by atoms with E-state index in [4.69, 9.17) is 4.74 Å². The topological polar surface area (TPSA) is 75.7 Å². The highest BCUT2D eigenvalue weighted by Crippen LogP contribution is 2.33. The lowest BCUT2D eigenvalue weighted by molar-refractivity contribution is -0.114. The Bertz CT molecular complexity index is 1170. The molecule has 1 N–H and O–H groups in total. The van der Waals surface area contributed by atoms with Gasteiger partial charge in [0.05, 0.1) is 11.9 Å². The first-order valence-corrected chi connectivity index (χ1v) is 11.7. The number of hydrogen-bond acceptors (Lipinski definition) is 4. The molecule has 0 aliphatic heterocycles. The van der Waals surface area contributed by atoms with Crippen molar-refractivity contribution in [2.75, 3.05) is 22.4 Å². The highest BCUT2D eigenvalue weighted by atomic mass is 32.2. The summed E-state index contributed by atoms with van der Waals surface area (Å²) in [5.74, 6) is 0.475. The van der Waals surface area contributed by atoms with Crippen molar-refractivity contribution in [2.24, 2.45) is 0 Å². The summed E-state index contributed by atoms with van der Waals surface area (Å²) in [6.07, 6.45) is 1.07. The summed E-state index contributed by atoms with van der Waals surface area (Å²) in [4.78, 5) is 12.8. The van der Waals surface area contributed by atoms with Crippen LogP contribution >= 0.6 is 0 Å². The van der Waals surface area contributed by atoms with Gasteiger partial charge in [-0.15, -0.1) is 0 Å². The van der Waals surface area contributed by atoms with Crippen LogP contribution in [-0.4, -0.2) is 27.1 Å². The Labute approximate surface area is 183 Å². The number of aryl methyl sites for hydroxylation is 3. The van der Waals surface area contributed by atoms with Crippen LogP contribution in [0.2, 0.25) is 0 Å². The van der Waals surface area contributed by atoms with Crippen molar-refractivity contribution in [3.05, 3.63) is 83.4 Å². The first kappa shape index (κ1) is 22.4. The second-order valence-electron chi connectivity index (χ2n) is 7.47. The molecule has 0 heterocycles. The van der Waals surface area contributed by atoms with E-state index in [1.54, 1.807) is 36.4 Å². The van der Waals surface area contributed by atoms with Gasteiger partial charge in [0.2, 0.25) is 15.9 Å². The molecule has 0 aromatic heterocycles. The van der Waals surface area contributed by atoms with E-state index < -0.39 is 15.9 Å². The molecule has 0 saturated carbocycles. The number of rotatable bonds is 7. The zero-order valence-corrected chi connectivity index (χ0v) is 18.9. The Balaban J connectivity index is 1.90. The standard InChI is InChI=1S/C24H26N2O4S/c1-17-14-18(2)24(19(3)15-17)25-23(27)16-26(31(4,28)29)21-12-8-9-13-22(21)30-20-10-6-5-7-11-20/h5-15H,16H2,1-4H3,(H,25,27). The molecule has 6 nitrogen and oxygen atoms in total. The summed E-state index contributed by atoms with van der Waals surface area (Å²) in [5, 5.41) is 2.86. The summed E-state index contributed by atoms with van der Waals surface area (Å²) >= 11 is 0. The number of nitrogens with zero attached hydrogens (tertiary/aromatic N) is 1. The molecule has 0 atom stereocenters. The fourth-order valence-electron chi connectivity index (χ4n) is 3.43. The van der Waals surface area contributed by atoms with Gasteiger partial charge in [-0.05, 0) is 56.2 Å². The Kier molecular flexibility index (Phi) is 6.65. The summed E-state index contributed by atoms with van der Waals surface area (Å²) in [6, 6.07) is 19.8. The van der Waals surface area contributed by atoms with Gasteiger partial charge in [0.25, 0.3) is 0 Å². The minimum absolute atomic E-state index is 0.293. The van der Waals surface area contributed by atoms with Crippen LogP contribution in [0.3, 0.4) is 0 Å². The maximum atomic E-state index is 12.8. The zero-order valence-electron chi connectivity index (χ0n) is 18.0. The van der Waals surface area contributed by atoms with Gasteiger partial charge >= 0.3 is 0 Å². The fraction of sp³-hybridized carbons (Fsp3) is 0.208. The maximum absolute atomic E-state index is 12.8. The van der Waals surface area contributed by atoms with E-state index in [2.05, 4.69) is 5.32 Å². The van der Waals surface area contributed by atoms with Crippen molar-refractivity contribution in [3.8, 4) is 11.5 Å². The first-order valence-electron chi connectivity index (χ1n) is 9.82. The normalized spacial score (nSPS) is 11.1. The lowest BCUT2D eigenvalue weighted by Crippen LogP contribution is -2.37. The third-order valence-electron chi connectivity index (χ3n) is 4.73. The minimum atomic E-state index is -3.75. The van der Waals surface area contributed by atoms with Crippen LogP contribution < -0.4 is 14.4 Å². The summed E-state index contributed by atoms with van der Waals surface area (Å²) < 4.78 is 32.1. The number of anilines is 2. The smallest absolute Gasteiger partial charge is 0.245 e. The molecule has 31 heavy (non-hydrogen) atoms. The molecule has 0 aliphatic rings. The quantitative estimate of drug-likeness (QED) is 0.574. The van der Waals surface area contributed by atoms with Crippen molar-refractivity contribution in [1.29, 1.82) is 0 Å². The van der Waals surface area contributed by atoms with E-state index in [1.807, 2.05) is 51.1 Å². The molecular formula is C24H26N2O4S.